The number of hydrogen-bond donors (Lipinski definition) is 2. The van der Waals surface area contributed by atoms with Crippen LogP contribution in [0.25, 0.3) is 0 Å². The van der Waals surface area contributed by atoms with E-state index in [1.54, 1.807) is 12.1 Å². The Hall–Kier alpha value is -4.25. The second-order valence-corrected chi connectivity index (χ2v) is 8.27. The lowest BCUT2D eigenvalue weighted by Crippen LogP contribution is -2.21. The van der Waals surface area contributed by atoms with Gasteiger partial charge >= 0.3 is 0 Å². The molecule has 0 spiro atoms. The predicted octanol–water partition coefficient (Wildman–Crippen LogP) is 4.85. The largest absolute Gasteiger partial charge is 0.490 e. The molecule has 11 heteroatoms. The number of para-hydroxylation sites is 1. The first-order chi connectivity index (χ1) is 17.3. The minimum atomic E-state index is -0.544. The lowest BCUT2D eigenvalue weighted by molar-refractivity contribution is -0.384. The quantitative estimate of drug-likeness (QED) is 0.209. The van der Waals surface area contributed by atoms with E-state index >= 15 is 0 Å². The third-order valence-corrected chi connectivity index (χ3v) is 5.41. The van der Waals surface area contributed by atoms with Crippen molar-refractivity contribution in [3.05, 3.63) is 91.9 Å². The molecule has 3 aromatic rings. The van der Waals surface area contributed by atoms with Crippen molar-refractivity contribution >= 4 is 45.3 Å². The zero-order chi connectivity index (χ0) is 26.1. The molecule has 0 saturated carbocycles. The summed E-state index contributed by atoms with van der Waals surface area (Å²) in [5.41, 5.74) is 4.71. The molecule has 0 aliphatic heterocycles. The van der Waals surface area contributed by atoms with Crippen LogP contribution in [-0.4, -0.2) is 36.2 Å². The van der Waals surface area contributed by atoms with E-state index in [1.807, 2.05) is 38.1 Å². The van der Waals surface area contributed by atoms with E-state index in [9.17, 15) is 19.7 Å². The number of nitrogens with one attached hydrogen (secondary N) is 2. The molecule has 186 valence electrons. The fraction of sp³-hybridized carbons (Fsp3) is 0.160. The van der Waals surface area contributed by atoms with Gasteiger partial charge < -0.3 is 14.8 Å². The van der Waals surface area contributed by atoms with Gasteiger partial charge in [0.15, 0.2) is 18.1 Å². The summed E-state index contributed by atoms with van der Waals surface area (Å²) in [6.45, 7) is 3.84. The Morgan fingerprint density at radius 3 is 2.50 bits per heavy atom. The molecule has 3 aromatic carbocycles. The maximum atomic E-state index is 12.4. The molecule has 2 amide bonds. The van der Waals surface area contributed by atoms with E-state index < -0.39 is 10.8 Å². The molecule has 0 fully saturated rings. The SMILES string of the molecule is CCOc1cc(/C=N/NC(=O)c2ccc([N+](=O)[O-])cc2)cc(Br)c1OCC(=O)Nc1ccccc1C. The van der Waals surface area contributed by atoms with Gasteiger partial charge in [-0.15, -0.1) is 0 Å². The van der Waals surface area contributed by atoms with Crippen LogP contribution in [0.4, 0.5) is 11.4 Å². The Labute approximate surface area is 215 Å². The number of benzene rings is 3. The first kappa shape index (κ1) is 26.4. The van der Waals surface area contributed by atoms with Crippen LogP contribution in [0.3, 0.4) is 0 Å². The van der Waals surface area contributed by atoms with Crippen LogP contribution >= 0.6 is 15.9 Å². The van der Waals surface area contributed by atoms with Crippen molar-refractivity contribution in [3.63, 3.8) is 0 Å². The number of hydrogen-bond acceptors (Lipinski definition) is 7. The Bertz CT molecular complexity index is 1290. The summed E-state index contributed by atoms with van der Waals surface area (Å²) in [7, 11) is 0. The highest BCUT2D eigenvalue weighted by molar-refractivity contribution is 9.10. The molecule has 0 aliphatic rings. The minimum absolute atomic E-state index is 0.113. The van der Waals surface area contributed by atoms with Crippen LogP contribution in [-0.2, 0) is 4.79 Å². The number of hydrazone groups is 1. The van der Waals surface area contributed by atoms with Crippen molar-refractivity contribution in [2.75, 3.05) is 18.5 Å². The minimum Gasteiger partial charge on any atom is -0.490 e. The van der Waals surface area contributed by atoms with Crippen LogP contribution < -0.4 is 20.2 Å². The number of nitrogens with zero attached hydrogens (tertiary/aromatic N) is 2. The first-order valence-corrected chi connectivity index (χ1v) is 11.6. The number of anilines is 1. The number of carbonyl (C=O) groups is 2. The van der Waals surface area contributed by atoms with E-state index in [1.165, 1.54) is 30.5 Å². The standard InChI is InChI=1S/C25H23BrN4O6/c1-3-35-22-13-17(14-27-29-25(32)18-8-10-19(11-9-18)30(33)34)12-20(26)24(22)36-15-23(31)28-21-7-5-4-6-16(21)2/h4-14H,3,15H2,1-2H3,(H,28,31)(H,29,32)/b27-14+. The van der Waals surface area contributed by atoms with Gasteiger partial charge in [-0.2, -0.15) is 5.10 Å². The number of non-ortho nitro benzene ring substituents is 1. The Morgan fingerprint density at radius 1 is 1.11 bits per heavy atom. The fourth-order valence-electron chi connectivity index (χ4n) is 3.07. The first-order valence-electron chi connectivity index (χ1n) is 10.8. The Balaban J connectivity index is 1.66. The summed E-state index contributed by atoms with van der Waals surface area (Å²) >= 11 is 3.43. The highest BCUT2D eigenvalue weighted by atomic mass is 79.9. The van der Waals surface area contributed by atoms with Crippen molar-refractivity contribution in [1.29, 1.82) is 0 Å². The van der Waals surface area contributed by atoms with Gasteiger partial charge in [0.1, 0.15) is 0 Å². The third-order valence-electron chi connectivity index (χ3n) is 4.82. The summed E-state index contributed by atoms with van der Waals surface area (Å²) in [6.07, 6.45) is 1.41. The number of halogens is 1. The van der Waals surface area contributed by atoms with Crippen molar-refractivity contribution in [1.82, 2.24) is 5.43 Å². The van der Waals surface area contributed by atoms with Crippen LogP contribution in [0.1, 0.15) is 28.4 Å². The number of nitro groups is 1. The number of ether oxygens (including phenoxy) is 2. The van der Waals surface area contributed by atoms with Gasteiger partial charge in [0.2, 0.25) is 0 Å². The topological polar surface area (TPSA) is 132 Å². The van der Waals surface area contributed by atoms with E-state index in [4.69, 9.17) is 9.47 Å². The molecule has 0 atom stereocenters. The lowest BCUT2D eigenvalue weighted by Gasteiger charge is -2.15. The molecular weight excluding hydrogens is 532 g/mol. The highest BCUT2D eigenvalue weighted by Gasteiger charge is 2.15. The van der Waals surface area contributed by atoms with Gasteiger partial charge in [-0.3, -0.25) is 19.7 Å². The molecular formula is C25H23BrN4O6. The molecule has 0 aromatic heterocycles. The molecule has 0 radical (unpaired) electrons. The van der Waals surface area contributed by atoms with Gasteiger partial charge in [0.05, 0.1) is 22.2 Å². The number of rotatable bonds is 10. The highest BCUT2D eigenvalue weighted by Crippen LogP contribution is 2.36. The van der Waals surface area contributed by atoms with Gasteiger partial charge in [-0.05, 0) is 71.2 Å². The van der Waals surface area contributed by atoms with Crippen LogP contribution in [0.2, 0.25) is 0 Å². The zero-order valence-electron chi connectivity index (χ0n) is 19.5. The molecule has 3 rings (SSSR count). The molecule has 0 unspecified atom stereocenters. The molecule has 36 heavy (non-hydrogen) atoms. The van der Waals surface area contributed by atoms with Crippen LogP contribution in [0.15, 0.2) is 70.2 Å². The molecule has 0 heterocycles. The summed E-state index contributed by atoms with van der Waals surface area (Å²) in [4.78, 5) is 34.8. The zero-order valence-corrected chi connectivity index (χ0v) is 21.1. The van der Waals surface area contributed by atoms with E-state index in [0.717, 1.165) is 5.56 Å². The summed E-state index contributed by atoms with van der Waals surface area (Å²) in [5.74, 6) is -0.106. The Morgan fingerprint density at radius 2 is 1.83 bits per heavy atom. The molecule has 0 bridgehead atoms. The molecule has 2 N–H and O–H groups in total. The van der Waals surface area contributed by atoms with Gasteiger partial charge in [0.25, 0.3) is 17.5 Å². The monoisotopic (exact) mass is 554 g/mol. The second-order valence-electron chi connectivity index (χ2n) is 7.42. The summed E-state index contributed by atoms with van der Waals surface area (Å²) in [5, 5.41) is 17.5. The number of carbonyl (C=O) groups excluding carboxylic acids is 2. The predicted molar refractivity (Wildman–Crippen MR) is 139 cm³/mol. The second kappa shape index (κ2) is 12.5. The third kappa shape index (κ3) is 7.12. The maximum absolute atomic E-state index is 12.4. The van der Waals surface area contributed by atoms with Gasteiger partial charge in [0, 0.05) is 23.4 Å². The fourth-order valence-corrected chi connectivity index (χ4v) is 3.64. The lowest BCUT2D eigenvalue weighted by atomic mass is 10.2. The molecule has 10 nitrogen and oxygen atoms in total. The summed E-state index contributed by atoms with van der Waals surface area (Å²) in [6, 6.07) is 15.9. The number of nitro benzene ring substituents is 1. The van der Waals surface area contributed by atoms with Gasteiger partial charge in [-0.25, -0.2) is 5.43 Å². The van der Waals surface area contributed by atoms with Crippen molar-refractivity contribution in [2.24, 2.45) is 5.10 Å². The van der Waals surface area contributed by atoms with Crippen molar-refractivity contribution in [2.45, 2.75) is 13.8 Å². The average Bonchev–Trinajstić information content (AvgIpc) is 2.85. The Kier molecular flexibility index (Phi) is 9.12. The number of aryl methyl sites for hydroxylation is 1. The van der Waals surface area contributed by atoms with Gasteiger partial charge in [-0.1, -0.05) is 18.2 Å². The van der Waals surface area contributed by atoms with Crippen molar-refractivity contribution < 1.29 is 24.0 Å². The average molecular weight is 555 g/mol. The summed E-state index contributed by atoms with van der Waals surface area (Å²) < 4.78 is 11.9. The van der Waals surface area contributed by atoms with E-state index in [2.05, 4.69) is 31.8 Å². The molecule has 0 saturated heterocycles. The van der Waals surface area contributed by atoms with Crippen molar-refractivity contribution in [3.8, 4) is 11.5 Å². The molecule has 0 aliphatic carbocycles. The van der Waals surface area contributed by atoms with Crippen LogP contribution in [0.5, 0.6) is 11.5 Å². The smallest absolute Gasteiger partial charge is 0.271 e. The van der Waals surface area contributed by atoms with E-state index in [-0.39, 0.29) is 23.8 Å². The van der Waals surface area contributed by atoms with E-state index in [0.29, 0.717) is 33.8 Å². The normalized spacial score (nSPS) is 10.6. The maximum Gasteiger partial charge on any atom is 0.271 e. The number of amides is 2. The van der Waals surface area contributed by atoms with Crippen LogP contribution in [0, 0.1) is 17.0 Å².